The zero-order valence-corrected chi connectivity index (χ0v) is 13.8. The predicted octanol–water partition coefficient (Wildman–Crippen LogP) is 5.28. The Morgan fingerprint density at radius 2 is 1.95 bits per heavy atom. The van der Waals surface area contributed by atoms with E-state index < -0.39 is 0 Å². The van der Waals surface area contributed by atoms with E-state index in [-0.39, 0.29) is 5.41 Å². The van der Waals surface area contributed by atoms with Crippen LogP contribution in [0, 0.1) is 5.92 Å². The van der Waals surface area contributed by atoms with Crippen molar-refractivity contribution in [1.29, 1.82) is 0 Å². The molecule has 2 heteroatoms. The zero-order chi connectivity index (χ0) is 13.9. The minimum atomic E-state index is 0.284. The molecule has 1 aliphatic carbocycles. The lowest BCUT2D eigenvalue weighted by Gasteiger charge is -2.18. The topological polar surface area (TPSA) is 12.0 Å². The van der Waals surface area contributed by atoms with Gasteiger partial charge in [0.05, 0.1) is 0 Å². The number of hydrogen-bond acceptors (Lipinski definition) is 2. The summed E-state index contributed by atoms with van der Waals surface area (Å²) in [5.41, 5.74) is 0.284. The third kappa shape index (κ3) is 4.06. The van der Waals surface area contributed by atoms with Gasteiger partial charge in [-0.3, -0.25) is 0 Å². The third-order valence-electron chi connectivity index (χ3n) is 4.40. The van der Waals surface area contributed by atoms with E-state index in [4.69, 9.17) is 0 Å². The normalized spacial score (nSPS) is 18.9. The summed E-state index contributed by atoms with van der Waals surface area (Å²) >= 11 is 1.99. The van der Waals surface area contributed by atoms with E-state index in [1.54, 1.807) is 0 Å². The van der Waals surface area contributed by atoms with E-state index in [0.29, 0.717) is 6.04 Å². The average molecular weight is 279 g/mol. The van der Waals surface area contributed by atoms with Gasteiger partial charge in [-0.25, -0.2) is 0 Å². The van der Waals surface area contributed by atoms with Crippen molar-refractivity contribution in [3.8, 4) is 0 Å². The highest BCUT2D eigenvalue weighted by atomic mass is 32.1. The van der Waals surface area contributed by atoms with E-state index in [1.165, 1.54) is 48.3 Å². The SMILES string of the molecule is CNC(CCC1CCCC1)c1ccc(C(C)(C)C)s1. The second-order valence-corrected chi connectivity index (χ2v) is 8.14. The van der Waals surface area contributed by atoms with Crippen LogP contribution in [0.2, 0.25) is 0 Å². The average Bonchev–Trinajstić information content (AvgIpc) is 2.98. The van der Waals surface area contributed by atoms with Crippen molar-refractivity contribution in [1.82, 2.24) is 5.32 Å². The molecule has 1 fully saturated rings. The highest BCUT2D eigenvalue weighted by Crippen LogP contribution is 2.36. The van der Waals surface area contributed by atoms with Gasteiger partial charge in [0.15, 0.2) is 0 Å². The molecule has 1 aromatic rings. The Morgan fingerprint density at radius 3 is 2.47 bits per heavy atom. The number of nitrogens with one attached hydrogen (secondary N) is 1. The van der Waals surface area contributed by atoms with Crippen molar-refractivity contribution in [3.05, 3.63) is 21.9 Å². The summed E-state index contributed by atoms with van der Waals surface area (Å²) in [4.78, 5) is 3.02. The van der Waals surface area contributed by atoms with Crippen LogP contribution >= 0.6 is 11.3 Å². The van der Waals surface area contributed by atoms with Gasteiger partial charge in [0, 0.05) is 15.8 Å². The van der Waals surface area contributed by atoms with Gasteiger partial charge in [-0.1, -0.05) is 46.5 Å². The van der Waals surface area contributed by atoms with Crippen LogP contribution in [0.15, 0.2) is 12.1 Å². The van der Waals surface area contributed by atoms with Gasteiger partial charge in [0.2, 0.25) is 0 Å². The fourth-order valence-corrected chi connectivity index (χ4v) is 4.28. The number of rotatable bonds is 5. The summed E-state index contributed by atoms with van der Waals surface area (Å²) < 4.78 is 0. The molecule has 0 saturated heterocycles. The minimum absolute atomic E-state index is 0.284. The van der Waals surface area contributed by atoms with Gasteiger partial charge in [0.25, 0.3) is 0 Å². The molecule has 1 saturated carbocycles. The molecule has 1 aromatic heterocycles. The summed E-state index contributed by atoms with van der Waals surface area (Å²) in [5.74, 6) is 0.998. The van der Waals surface area contributed by atoms with Crippen LogP contribution in [0.1, 0.15) is 75.1 Å². The quantitative estimate of drug-likeness (QED) is 0.773. The maximum Gasteiger partial charge on any atom is 0.0412 e. The van der Waals surface area contributed by atoms with Gasteiger partial charge in [-0.2, -0.15) is 0 Å². The monoisotopic (exact) mass is 279 g/mol. The van der Waals surface area contributed by atoms with Crippen LogP contribution < -0.4 is 5.32 Å². The van der Waals surface area contributed by atoms with Crippen molar-refractivity contribution in [2.24, 2.45) is 5.92 Å². The molecule has 1 atom stereocenters. The minimum Gasteiger partial charge on any atom is -0.312 e. The molecule has 108 valence electrons. The standard InChI is InChI=1S/C17H29NS/c1-17(2,3)16-12-11-15(19-16)14(18-4)10-9-13-7-5-6-8-13/h11-14,18H,5-10H2,1-4H3. The summed E-state index contributed by atoms with van der Waals surface area (Å²) in [6.45, 7) is 6.90. The molecular weight excluding hydrogens is 250 g/mol. The van der Waals surface area contributed by atoms with Gasteiger partial charge in [-0.15, -0.1) is 11.3 Å². The van der Waals surface area contributed by atoms with Crippen molar-refractivity contribution < 1.29 is 0 Å². The first-order valence-electron chi connectivity index (χ1n) is 7.78. The zero-order valence-electron chi connectivity index (χ0n) is 13.0. The van der Waals surface area contributed by atoms with Gasteiger partial charge >= 0.3 is 0 Å². The molecule has 1 heterocycles. The fourth-order valence-electron chi connectivity index (χ4n) is 3.07. The number of hydrogen-bond donors (Lipinski definition) is 1. The second-order valence-electron chi connectivity index (χ2n) is 7.02. The van der Waals surface area contributed by atoms with Crippen LogP contribution in [0.4, 0.5) is 0 Å². The lowest BCUT2D eigenvalue weighted by atomic mass is 9.95. The first-order chi connectivity index (χ1) is 9.00. The lowest BCUT2D eigenvalue weighted by molar-refractivity contribution is 0.430. The van der Waals surface area contributed by atoms with Crippen molar-refractivity contribution in [3.63, 3.8) is 0 Å². The Morgan fingerprint density at radius 1 is 1.26 bits per heavy atom. The predicted molar refractivity (Wildman–Crippen MR) is 86.0 cm³/mol. The largest absolute Gasteiger partial charge is 0.312 e. The smallest absolute Gasteiger partial charge is 0.0412 e. The molecule has 0 spiro atoms. The van der Waals surface area contributed by atoms with E-state index in [1.807, 2.05) is 11.3 Å². The summed E-state index contributed by atoms with van der Waals surface area (Å²) in [7, 11) is 2.11. The van der Waals surface area contributed by atoms with Crippen LogP contribution in [0.3, 0.4) is 0 Å². The van der Waals surface area contributed by atoms with E-state index in [9.17, 15) is 0 Å². The lowest BCUT2D eigenvalue weighted by Crippen LogP contribution is -2.16. The molecule has 1 unspecified atom stereocenters. The Balaban J connectivity index is 1.94. The highest BCUT2D eigenvalue weighted by Gasteiger charge is 2.21. The number of thiophene rings is 1. The molecule has 0 amide bonds. The van der Waals surface area contributed by atoms with Crippen molar-refractivity contribution in [2.75, 3.05) is 7.05 Å². The second kappa shape index (κ2) is 6.41. The van der Waals surface area contributed by atoms with Crippen molar-refractivity contribution in [2.45, 2.75) is 70.8 Å². The van der Waals surface area contributed by atoms with Crippen molar-refractivity contribution >= 4 is 11.3 Å². The molecule has 19 heavy (non-hydrogen) atoms. The third-order valence-corrected chi connectivity index (χ3v) is 6.02. The maximum atomic E-state index is 3.52. The Hall–Kier alpha value is -0.340. The van der Waals surface area contributed by atoms with Crippen LogP contribution in [-0.2, 0) is 5.41 Å². The molecule has 1 nitrogen and oxygen atoms in total. The van der Waals surface area contributed by atoms with Crippen LogP contribution in [0.25, 0.3) is 0 Å². The highest BCUT2D eigenvalue weighted by molar-refractivity contribution is 7.12. The molecule has 0 aromatic carbocycles. The first kappa shape index (κ1) is 15.1. The molecule has 0 aliphatic heterocycles. The molecule has 0 radical (unpaired) electrons. The molecule has 2 rings (SSSR count). The summed E-state index contributed by atoms with van der Waals surface area (Å²) in [6, 6.07) is 5.21. The summed E-state index contributed by atoms with van der Waals surface area (Å²) in [5, 5.41) is 3.52. The van der Waals surface area contributed by atoms with Gasteiger partial charge in [-0.05, 0) is 43.4 Å². The fraction of sp³-hybridized carbons (Fsp3) is 0.765. The van der Waals surface area contributed by atoms with Crippen LogP contribution in [0.5, 0.6) is 0 Å². The van der Waals surface area contributed by atoms with Crippen LogP contribution in [-0.4, -0.2) is 7.05 Å². The summed E-state index contributed by atoms with van der Waals surface area (Å²) in [6.07, 6.45) is 8.55. The van der Waals surface area contributed by atoms with E-state index in [2.05, 4.69) is 45.3 Å². The Bertz CT molecular complexity index is 382. The molecule has 1 N–H and O–H groups in total. The Kier molecular flexibility index (Phi) is 5.08. The Labute approximate surface area is 122 Å². The van der Waals surface area contributed by atoms with E-state index >= 15 is 0 Å². The molecule has 1 aliphatic rings. The maximum absolute atomic E-state index is 3.52. The van der Waals surface area contributed by atoms with Gasteiger partial charge in [0.1, 0.15) is 0 Å². The molecule has 0 bridgehead atoms. The molecular formula is C17H29NS. The first-order valence-corrected chi connectivity index (χ1v) is 8.60. The van der Waals surface area contributed by atoms with E-state index in [0.717, 1.165) is 5.92 Å². The van der Waals surface area contributed by atoms with Gasteiger partial charge < -0.3 is 5.32 Å².